The summed E-state index contributed by atoms with van der Waals surface area (Å²) in [6, 6.07) is 4.78. The molecule has 0 bridgehead atoms. The van der Waals surface area contributed by atoms with Crippen LogP contribution in [0.25, 0.3) is 0 Å². The number of anilines is 2. The van der Waals surface area contributed by atoms with Crippen molar-refractivity contribution < 1.29 is 23.8 Å². The zero-order valence-electron chi connectivity index (χ0n) is 16.3. The van der Waals surface area contributed by atoms with Crippen LogP contribution in [0.1, 0.15) is 12.8 Å². The number of nitrogens with zero attached hydrogens (tertiary/aromatic N) is 4. The van der Waals surface area contributed by atoms with E-state index in [0.717, 1.165) is 13.1 Å². The average Bonchev–Trinajstić information content (AvgIpc) is 2.98. The Hall–Kier alpha value is -2.23. The molecule has 0 unspecified atom stereocenters. The molecule has 0 aliphatic carbocycles. The highest BCUT2D eigenvalue weighted by atomic mass is 19.1. The number of benzene rings is 1. The molecule has 9 heteroatoms. The first-order valence-corrected chi connectivity index (χ1v) is 9.46. The van der Waals surface area contributed by atoms with Crippen LogP contribution in [0.2, 0.25) is 0 Å². The minimum Gasteiger partial charge on any atom is -0.444 e. The first kappa shape index (κ1) is 20.5. The Morgan fingerprint density at radius 3 is 2.50 bits per heavy atom. The number of hydrogen-bond donors (Lipinski definition) is 1. The minimum absolute atomic E-state index is 0.146. The molecule has 1 aromatic carbocycles. The zero-order chi connectivity index (χ0) is 20.3. The van der Waals surface area contributed by atoms with Gasteiger partial charge in [0, 0.05) is 46.7 Å². The van der Waals surface area contributed by atoms with Gasteiger partial charge in [-0.1, -0.05) is 0 Å². The maximum absolute atomic E-state index is 14.8. The zero-order valence-corrected chi connectivity index (χ0v) is 16.3. The second kappa shape index (κ2) is 8.85. The summed E-state index contributed by atoms with van der Waals surface area (Å²) < 4.78 is 20.1. The van der Waals surface area contributed by atoms with Crippen LogP contribution in [0.5, 0.6) is 0 Å². The molecule has 3 rings (SSSR count). The topological polar surface area (TPSA) is 76.6 Å². The number of aliphatic hydroxyl groups excluding tert-OH is 1. The van der Waals surface area contributed by atoms with Gasteiger partial charge in [-0.15, -0.1) is 0 Å². The Bertz CT molecular complexity index is 720. The molecule has 1 N–H and O–H groups in total. The van der Waals surface area contributed by atoms with Gasteiger partial charge < -0.3 is 14.7 Å². The van der Waals surface area contributed by atoms with Crippen LogP contribution in [0, 0.1) is 5.82 Å². The molecule has 0 spiro atoms. The van der Waals surface area contributed by atoms with E-state index in [1.54, 1.807) is 12.1 Å². The van der Waals surface area contributed by atoms with Crippen molar-refractivity contribution in [3.63, 3.8) is 0 Å². The smallest absolute Gasteiger partial charge is 0.414 e. The number of carbonyl (C=O) groups excluding carboxylic acids is 2. The molecule has 0 saturated carbocycles. The fourth-order valence-corrected chi connectivity index (χ4v) is 3.43. The number of Topliss-reactive ketones (excluding diaryl/α,β-unsaturated/α-hetero) is 1. The first-order valence-electron chi connectivity index (χ1n) is 9.46. The lowest BCUT2D eigenvalue weighted by Gasteiger charge is -2.24. The Morgan fingerprint density at radius 2 is 1.89 bits per heavy atom. The predicted molar refractivity (Wildman–Crippen MR) is 103 cm³/mol. The van der Waals surface area contributed by atoms with Crippen LogP contribution in [-0.4, -0.2) is 86.5 Å². The largest absolute Gasteiger partial charge is 0.444 e. The van der Waals surface area contributed by atoms with Gasteiger partial charge in [0.2, 0.25) is 0 Å². The van der Waals surface area contributed by atoms with E-state index in [1.165, 1.54) is 11.0 Å². The molecular weight excluding hydrogens is 367 g/mol. The average molecular weight is 394 g/mol. The summed E-state index contributed by atoms with van der Waals surface area (Å²) in [4.78, 5) is 26.8. The van der Waals surface area contributed by atoms with Gasteiger partial charge in [-0.05, 0) is 24.6 Å². The number of rotatable bonds is 6. The Labute approximate surface area is 164 Å². The molecule has 154 valence electrons. The second-order valence-corrected chi connectivity index (χ2v) is 7.24. The molecule has 2 saturated heterocycles. The number of amides is 1. The van der Waals surface area contributed by atoms with Crippen molar-refractivity contribution in [3.8, 4) is 0 Å². The number of halogens is 1. The maximum Gasteiger partial charge on any atom is 0.414 e. The van der Waals surface area contributed by atoms with Crippen LogP contribution >= 0.6 is 0 Å². The number of cyclic esters (lactones) is 1. The van der Waals surface area contributed by atoms with E-state index in [1.807, 2.05) is 19.0 Å². The predicted octanol–water partition coefficient (Wildman–Crippen LogP) is 1.09. The number of ether oxygens (including phenoxy) is 1. The molecule has 2 aliphatic heterocycles. The molecule has 1 amide bonds. The highest BCUT2D eigenvalue weighted by Crippen LogP contribution is 2.29. The normalized spacial score (nSPS) is 21.7. The van der Waals surface area contributed by atoms with E-state index in [2.05, 4.69) is 10.0 Å². The van der Waals surface area contributed by atoms with E-state index in [0.29, 0.717) is 30.9 Å². The van der Waals surface area contributed by atoms with Crippen molar-refractivity contribution in [1.29, 1.82) is 0 Å². The van der Waals surface area contributed by atoms with Crippen molar-refractivity contribution in [2.24, 2.45) is 0 Å². The summed E-state index contributed by atoms with van der Waals surface area (Å²) in [5, 5.41) is 13.0. The molecule has 28 heavy (non-hydrogen) atoms. The molecule has 2 aliphatic rings. The lowest BCUT2D eigenvalue weighted by atomic mass is 10.1. The van der Waals surface area contributed by atoms with E-state index in [4.69, 9.17) is 9.84 Å². The summed E-state index contributed by atoms with van der Waals surface area (Å²) in [6.07, 6.45) is -0.501. The van der Waals surface area contributed by atoms with Crippen LogP contribution in [0.15, 0.2) is 18.2 Å². The summed E-state index contributed by atoms with van der Waals surface area (Å²) in [5.41, 5.74) is 0.955. The number of aliphatic hydroxyl groups is 1. The standard InChI is InChI=1S/C19H27FN4O4/c1-21-7-9-23(10-8-22(21)2)18-6-3-14(11-17(18)20)24-12-16(28-19(24)27)5-4-15(26)13-25/h3,6,11,16,25H,4-5,7-10,12-13H2,1-2H3/t16-/m0/s1. The number of hydrazine groups is 1. The molecule has 2 heterocycles. The molecule has 1 aromatic rings. The number of likely N-dealkylation sites (N-methyl/N-ethyl adjacent to an activating group) is 2. The van der Waals surface area contributed by atoms with Gasteiger partial charge in [0.1, 0.15) is 18.5 Å². The van der Waals surface area contributed by atoms with Gasteiger partial charge >= 0.3 is 6.09 Å². The number of ketones is 1. The third kappa shape index (κ3) is 4.60. The maximum atomic E-state index is 14.8. The van der Waals surface area contributed by atoms with E-state index >= 15 is 0 Å². The van der Waals surface area contributed by atoms with Gasteiger partial charge in [0.15, 0.2) is 5.78 Å². The molecule has 0 radical (unpaired) electrons. The molecular formula is C19H27FN4O4. The monoisotopic (exact) mass is 394 g/mol. The van der Waals surface area contributed by atoms with E-state index in [9.17, 15) is 14.0 Å². The molecule has 2 fully saturated rings. The fraction of sp³-hybridized carbons (Fsp3) is 0.579. The Morgan fingerprint density at radius 1 is 1.21 bits per heavy atom. The van der Waals surface area contributed by atoms with Crippen molar-refractivity contribution in [3.05, 3.63) is 24.0 Å². The van der Waals surface area contributed by atoms with Crippen molar-refractivity contribution in [1.82, 2.24) is 10.0 Å². The summed E-state index contributed by atoms with van der Waals surface area (Å²) in [6.45, 7) is 2.76. The van der Waals surface area contributed by atoms with Crippen LogP contribution in [0.4, 0.5) is 20.6 Å². The highest BCUT2D eigenvalue weighted by Gasteiger charge is 2.33. The van der Waals surface area contributed by atoms with Crippen molar-refractivity contribution in [2.75, 3.05) is 63.2 Å². The molecule has 1 atom stereocenters. The second-order valence-electron chi connectivity index (χ2n) is 7.24. The van der Waals surface area contributed by atoms with E-state index in [-0.39, 0.29) is 24.6 Å². The minimum atomic E-state index is -0.549. The third-order valence-corrected chi connectivity index (χ3v) is 5.35. The Balaban J connectivity index is 1.67. The summed E-state index contributed by atoms with van der Waals surface area (Å²) >= 11 is 0. The van der Waals surface area contributed by atoms with Crippen molar-refractivity contribution in [2.45, 2.75) is 18.9 Å². The van der Waals surface area contributed by atoms with Gasteiger partial charge in [0.25, 0.3) is 0 Å². The number of carbonyl (C=O) groups is 2. The molecule has 0 aromatic heterocycles. The third-order valence-electron chi connectivity index (χ3n) is 5.35. The van der Waals surface area contributed by atoms with E-state index < -0.39 is 18.8 Å². The lowest BCUT2D eigenvalue weighted by molar-refractivity contribution is -0.122. The van der Waals surface area contributed by atoms with Gasteiger partial charge in [-0.2, -0.15) is 0 Å². The first-order chi connectivity index (χ1) is 13.4. The van der Waals surface area contributed by atoms with Gasteiger partial charge in [-0.3, -0.25) is 9.69 Å². The number of hydrogen-bond acceptors (Lipinski definition) is 7. The summed E-state index contributed by atoms with van der Waals surface area (Å²) in [7, 11) is 4.01. The SMILES string of the molecule is CN1CCN(c2ccc(N3C[C@H](CCC(=O)CO)OC3=O)cc2F)CCN1C. The van der Waals surface area contributed by atoms with Crippen LogP contribution < -0.4 is 9.80 Å². The van der Waals surface area contributed by atoms with Crippen molar-refractivity contribution >= 4 is 23.3 Å². The fourth-order valence-electron chi connectivity index (χ4n) is 3.43. The summed E-state index contributed by atoms with van der Waals surface area (Å²) in [5.74, 6) is -0.671. The van der Waals surface area contributed by atoms with Crippen LogP contribution in [-0.2, 0) is 9.53 Å². The van der Waals surface area contributed by atoms with Crippen LogP contribution in [0.3, 0.4) is 0 Å². The quantitative estimate of drug-likeness (QED) is 0.774. The Kier molecular flexibility index (Phi) is 6.48. The lowest BCUT2D eigenvalue weighted by Crippen LogP contribution is -2.37. The highest BCUT2D eigenvalue weighted by molar-refractivity contribution is 5.90. The van der Waals surface area contributed by atoms with Gasteiger partial charge in [-0.25, -0.2) is 19.2 Å². The molecule has 8 nitrogen and oxygen atoms in total. The van der Waals surface area contributed by atoms with Gasteiger partial charge in [0.05, 0.1) is 17.9 Å².